The van der Waals surface area contributed by atoms with Crippen molar-refractivity contribution in [3.05, 3.63) is 0 Å². The monoisotopic (exact) mass is 2050 g/mol. The molecular formula is C131H218O16. The topological polar surface area (TPSA) is 210 Å². The van der Waals surface area contributed by atoms with Crippen LogP contribution in [0.1, 0.15) is 510 Å². The summed E-state index contributed by atoms with van der Waals surface area (Å²) in [5.41, 5.74) is -0.707. The summed E-state index contributed by atoms with van der Waals surface area (Å²) in [6.45, 7) is 66.1. The molecule has 16 heteroatoms. The van der Waals surface area contributed by atoms with Crippen molar-refractivity contribution in [1.29, 1.82) is 0 Å². The fraction of sp³-hybridized carbons (Fsp3) is 0.939. The van der Waals surface area contributed by atoms with E-state index in [0.717, 1.165) is 235 Å². The molecule has 0 spiro atoms. The molecule has 22 saturated carbocycles. The van der Waals surface area contributed by atoms with Crippen LogP contribution < -0.4 is 0 Å². The van der Waals surface area contributed by atoms with E-state index in [-0.39, 0.29) is 156 Å². The number of carbonyl (C=O) groups excluding carboxylic acids is 8. The lowest BCUT2D eigenvalue weighted by Crippen LogP contribution is -2.50. The average Bonchev–Trinajstić information content (AvgIpc) is 1.53. The van der Waals surface area contributed by atoms with Gasteiger partial charge in [-0.05, 0) is 465 Å². The number of rotatable bonds is 28. The average molecular weight is 2050 g/mol. The number of fused-ring (bicyclic) bond motifs is 36. The lowest BCUT2D eigenvalue weighted by atomic mass is 9.63. The molecule has 147 heavy (non-hydrogen) atoms. The van der Waals surface area contributed by atoms with Crippen LogP contribution in [0.25, 0.3) is 0 Å². The molecular weight excluding hydrogens is 1830 g/mol. The molecule has 22 aliphatic carbocycles. The number of hydrogen-bond acceptors (Lipinski definition) is 16. The van der Waals surface area contributed by atoms with Crippen LogP contribution in [0.4, 0.5) is 0 Å². The normalized spacial score (nSPS) is 45.1. The fourth-order valence-electron chi connectivity index (χ4n) is 39.0. The molecule has 22 fully saturated rings. The van der Waals surface area contributed by atoms with Crippen LogP contribution in [0.3, 0.4) is 0 Å². The van der Waals surface area contributed by atoms with E-state index in [1.807, 2.05) is 83.1 Å². The second-order valence-corrected chi connectivity index (χ2v) is 58.4. The summed E-state index contributed by atoms with van der Waals surface area (Å²) in [7, 11) is 0. The third kappa shape index (κ3) is 21.0. The predicted molar refractivity (Wildman–Crippen MR) is 586 cm³/mol. The Labute approximate surface area is 895 Å². The first kappa shape index (κ1) is 117. The first-order valence-electron chi connectivity index (χ1n) is 63.0. The second-order valence-electron chi connectivity index (χ2n) is 58.4. The van der Waals surface area contributed by atoms with E-state index in [9.17, 15) is 38.4 Å². The van der Waals surface area contributed by atoms with Crippen LogP contribution >= 0.6 is 0 Å². The molecule has 0 N–H and O–H groups in total. The maximum absolute atomic E-state index is 12.7. The maximum atomic E-state index is 12.7. The van der Waals surface area contributed by atoms with E-state index < -0.39 is 0 Å². The van der Waals surface area contributed by atoms with Crippen LogP contribution in [0, 0.1) is 222 Å². The highest BCUT2D eigenvalue weighted by atomic mass is 16.6. The van der Waals surface area contributed by atoms with Crippen molar-refractivity contribution >= 4 is 47.8 Å². The molecule has 0 aliphatic heterocycles. The van der Waals surface area contributed by atoms with Gasteiger partial charge in [0.2, 0.25) is 0 Å². The molecule has 0 aromatic heterocycles. The van der Waals surface area contributed by atoms with Gasteiger partial charge in [0.1, 0.15) is 44.8 Å². The molecule has 0 amide bonds. The van der Waals surface area contributed by atoms with Crippen LogP contribution in [0.15, 0.2) is 0 Å². The standard InChI is InChI=1S/C20H32O2.C18H28O2.C17H28O2.C17H30O2.C16H26O2.C16H28O2.C14H24O2.C13H22O2/c1-5-19(3,4)18(21)22-20(6-2)11-14-10-15(20)17-13-8-7-12(9-13)16(14)17;1-4-10(2)17(19)20-18(3)9-13-8-14(18)16-12-6-5-11(7-12)15(13)16;1-4-11(3)16(18)19-17(5-2)10-12-9-15(17)14-8-6-7-13(12)14;1-7-12(3)14(18)19-17(8-2)11-13-9-10-16(17,6)15(13,4)5;1-4-10(2)15(17)18-16(3)9-11-8-14(16)13-7-5-6-12(11)13;1-7-11(2)13(17)18-16(6)10-12-8-9-15(16,5)14(12,3)4;1-4-10(3)13(15)16-14(5-2)9-11-6-7-12(14)8-11;1-4-9(2)12(14)15-13(3)8-10-5-6-11(13)7-10/h12-17H,5-11H2,1-4H3;10-16H,4-9H2,1-3H3;11-15H,4-10H2,1-3H3;12-13H,7-11H2,1-6H3;10-14H,4-9H2,1-3H3;11-12H,7-10H2,1-6H3;10-12H,4-9H2,1-3H3;9-11H,4-8H2,1-3H3. The first-order chi connectivity index (χ1) is 69.2. The first-order valence-corrected chi connectivity index (χ1v) is 63.0. The Bertz CT molecular complexity index is 4560. The van der Waals surface area contributed by atoms with E-state index in [2.05, 4.69) is 132 Å². The van der Waals surface area contributed by atoms with Crippen molar-refractivity contribution in [2.75, 3.05) is 0 Å². The zero-order valence-corrected chi connectivity index (χ0v) is 99.6. The van der Waals surface area contributed by atoms with Gasteiger partial charge in [-0.1, -0.05) is 186 Å². The van der Waals surface area contributed by atoms with Gasteiger partial charge in [-0.15, -0.1) is 0 Å². The van der Waals surface area contributed by atoms with Crippen LogP contribution in [0.2, 0.25) is 0 Å². The van der Waals surface area contributed by atoms with Gasteiger partial charge < -0.3 is 37.9 Å². The number of esters is 8. The molecule has 0 heterocycles. The molecule has 20 bridgehead atoms. The lowest BCUT2D eigenvalue weighted by Gasteiger charge is -2.47. The molecule has 22 rings (SSSR count). The number of ether oxygens (including phenoxy) is 8. The van der Waals surface area contributed by atoms with Crippen LogP contribution in [-0.2, 0) is 76.3 Å². The van der Waals surface area contributed by atoms with Crippen molar-refractivity contribution in [2.45, 2.75) is 555 Å². The van der Waals surface area contributed by atoms with Crippen LogP contribution in [-0.4, -0.2) is 92.6 Å². The Hall–Kier alpha value is -4.24. The highest BCUT2D eigenvalue weighted by Crippen LogP contribution is 2.77. The summed E-state index contributed by atoms with van der Waals surface area (Å²) >= 11 is 0. The Kier molecular flexibility index (Phi) is 35.5. The summed E-state index contributed by atoms with van der Waals surface area (Å²) in [5, 5.41) is 0. The summed E-state index contributed by atoms with van der Waals surface area (Å²) in [4.78, 5) is 97.5. The molecule has 0 saturated heterocycles. The van der Waals surface area contributed by atoms with Gasteiger partial charge in [-0.3, -0.25) is 38.4 Å². The minimum absolute atomic E-state index is 0.00699. The Balaban J connectivity index is 0.000000126. The van der Waals surface area contributed by atoms with Gasteiger partial charge in [0.15, 0.2) is 0 Å². The van der Waals surface area contributed by atoms with Gasteiger partial charge in [-0.25, -0.2) is 0 Å². The fourth-order valence-corrected chi connectivity index (χ4v) is 39.0. The lowest BCUT2D eigenvalue weighted by molar-refractivity contribution is -0.185. The molecule has 43 unspecified atom stereocenters. The Morgan fingerprint density at radius 3 is 1.05 bits per heavy atom. The van der Waals surface area contributed by atoms with Crippen molar-refractivity contribution in [3.8, 4) is 0 Å². The zero-order chi connectivity index (χ0) is 107. The highest BCUT2D eigenvalue weighted by Gasteiger charge is 2.74. The Morgan fingerprint density at radius 2 is 0.633 bits per heavy atom. The van der Waals surface area contributed by atoms with Crippen molar-refractivity contribution in [1.82, 2.24) is 0 Å². The van der Waals surface area contributed by atoms with Crippen LogP contribution in [0.5, 0.6) is 0 Å². The van der Waals surface area contributed by atoms with Gasteiger partial charge in [0.05, 0.1) is 46.8 Å². The third-order valence-corrected chi connectivity index (χ3v) is 51.0. The highest BCUT2D eigenvalue weighted by molar-refractivity contribution is 5.77. The Morgan fingerprint density at radius 1 is 0.272 bits per heavy atom. The molecule has 0 radical (unpaired) electrons. The molecule has 0 aromatic rings. The number of hydrogen-bond donors (Lipinski definition) is 0. The largest absolute Gasteiger partial charge is 0.459 e. The molecule has 838 valence electrons. The molecule has 22 aliphatic rings. The van der Waals surface area contributed by atoms with Crippen molar-refractivity contribution < 1.29 is 76.3 Å². The van der Waals surface area contributed by atoms with E-state index in [1.165, 1.54) is 167 Å². The van der Waals surface area contributed by atoms with Gasteiger partial charge in [0, 0.05) is 34.5 Å². The predicted octanol–water partition coefficient (Wildman–Crippen LogP) is 32.3. The van der Waals surface area contributed by atoms with E-state index in [4.69, 9.17) is 37.9 Å². The molecule has 43 atom stereocenters. The second kappa shape index (κ2) is 44.7. The van der Waals surface area contributed by atoms with E-state index >= 15 is 0 Å². The third-order valence-electron chi connectivity index (χ3n) is 51.0. The molecule has 0 aromatic carbocycles. The zero-order valence-electron chi connectivity index (χ0n) is 99.6. The number of carbonyl (C=O) groups is 8. The summed E-state index contributed by atoms with van der Waals surface area (Å²) in [6, 6.07) is 0. The van der Waals surface area contributed by atoms with Gasteiger partial charge in [0.25, 0.3) is 0 Å². The summed E-state index contributed by atoms with van der Waals surface area (Å²) in [5.74, 6) is 22.3. The van der Waals surface area contributed by atoms with Crippen molar-refractivity contribution in [3.63, 3.8) is 0 Å². The SMILES string of the molecule is CCC(C)(C)C(=O)OC1(CC)CC2CC1C1C3CCC(C3)C21.CCC(C)C(=O)OC1(C)CC2CC1C1C3CCC(C3)C21.CCC(C)C(=O)OC1(C)CC2CC1C1CCCC21.CCC(C)C(=O)OC1(C)CC2CCC1(C)C2(C)C.CCC(C)C(=O)OC1(C)CC2CCC1C2.CCC(C)C(=O)OC1(CC)CC2CC1C1CCCC21.CCC(C)C(=O)OC1(CC)CC2CCC1(C)C2(C)C.CCC(C)C(=O)OC1(CC)CC2CCC1C2. The van der Waals surface area contributed by atoms with Gasteiger partial charge in [-0.2, -0.15) is 0 Å². The van der Waals surface area contributed by atoms with E-state index in [0.29, 0.717) is 52.8 Å². The summed E-state index contributed by atoms with van der Waals surface area (Å²) < 4.78 is 48.2. The van der Waals surface area contributed by atoms with E-state index in [1.54, 1.807) is 0 Å². The summed E-state index contributed by atoms with van der Waals surface area (Å²) in [6.07, 6.45) is 55.3. The maximum Gasteiger partial charge on any atom is 0.312 e. The smallest absolute Gasteiger partial charge is 0.312 e. The molecule has 16 nitrogen and oxygen atoms in total. The van der Waals surface area contributed by atoms with Gasteiger partial charge >= 0.3 is 47.8 Å². The minimum atomic E-state index is -0.335. The quantitative estimate of drug-likeness (QED) is 0.0405. The minimum Gasteiger partial charge on any atom is -0.459 e. The van der Waals surface area contributed by atoms with Crippen molar-refractivity contribution in [2.24, 2.45) is 222 Å².